The number of halogens is 5. The number of carbonyl (C=O) groups is 5. The SMILES string of the molecule is CC(C)(C)OC(=O)CNC(=O)CNC(=O)Cn1nc(C(F)(F)F)c2c(-c3cc4c(cnn4C(=O)CCC(=O)[I-]C4CCCCCCC4)cc3F)cccc21. The molecule has 0 spiro atoms. The molecular weight excluding hydrogens is 827 g/mol. The first kappa shape index (κ1) is 40.8. The number of aromatic nitrogens is 4. The second-order valence-corrected chi connectivity index (χ2v) is 17.7. The second kappa shape index (κ2) is 17.4. The zero-order chi connectivity index (χ0) is 39.2. The summed E-state index contributed by atoms with van der Waals surface area (Å²) in [7, 11) is 0. The van der Waals surface area contributed by atoms with E-state index in [0.29, 0.717) is 3.92 Å². The van der Waals surface area contributed by atoms with E-state index >= 15 is 4.39 Å². The Hall–Kier alpha value is -4.42. The monoisotopic (exact) mass is 869 g/mol. The molecule has 0 unspecified atom stereocenters. The molecule has 1 fully saturated rings. The molecule has 2 N–H and O–H groups in total. The average molecular weight is 870 g/mol. The van der Waals surface area contributed by atoms with E-state index in [2.05, 4.69) is 20.8 Å². The molecule has 0 atom stereocenters. The van der Waals surface area contributed by atoms with E-state index in [4.69, 9.17) is 4.74 Å². The van der Waals surface area contributed by atoms with Gasteiger partial charge in [0.25, 0.3) is 0 Å². The van der Waals surface area contributed by atoms with Crippen molar-refractivity contribution in [2.75, 3.05) is 13.1 Å². The third kappa shape index (κ3) is 10.6. The van der Waals surface area contributed by atoms with Crippen LogP contribution in [-0.4, -0.2) is 69.7 Å². The van der Waals surface area contributed by atoms with E-state index in [0.717, 1.165) is 41.1 Å². The number of nitrogens with one attached hydrogen (secondary N) is 2. The Morgan fingerprint density at radius 3 is 2.26 bits per heavy atom. The molecule has 1 aliphatic rings. The van der Waals surface area contributed by atoms with Crippen LogP contribution >= 0.6 is 0 Å². The van der Waals surface area contributed by atoms with Gasteiger partial charge >= 0.3 is 219 Å². The number of amides is 2. The number of benzene rings is 2. The van der Waals surface area contributed by atoms with E-state index in [1.807, 2.05) is 0 Å². The van der Waals surface area contributed by atoms with Crippen molar-refractivity contribution in [1.82, 2.24) is 30.2 Å². The van der Waals surface area contributed by atoms with Crippen LogP contribution in [0.4, 0.5) is 17.6 Å². The van der Waals surface area contributed by atoms with Gasteiger partial charge in [0.1, 0.15) is 18.7 Å². The van der Waals surface area contributed by atoms with Crippen LogP contribution in [0.1, 0.15) is 89.0 Å². The summed E-state index contributed by atoms with van der Waals surface area (Å²) >= 11 is -0.732. The molecule has 5 rings (SSSR count). The van der Waals surface area contributed by atoms with Gasteiger partial charge in [0.2, 0.25) is 11.8 Å². The molecule has 292 valence electrons. The Balaban J connectivity index is 1.34. The van der Waals surface area contributed by atoms with Gasteiger partial charge in [-0.15, -0.1) is 0 Å². The number of nitrogens with zero attached hydrogens (tertiary/aromatic N) is 4. The van der Waals surface area contributed by atoms with Gasteiger partial charge in [0.15, 0.2) is 0 Å². The number of ether oxygens (including phenoxy) is 1. The van der Waals surface area contributed by atoms with Crippen molar-refractivity contribution in [3.8, 4) is 11.1 Å². The molecule has 17 heteroatoms. The molecule has 0 bridgehead atoms. The van der Waals surface area contributed by atoms with E-state index < -0.39 is 93.2 Å². The molecule has 2 aromatic carbocycles. The molecule has 54 heavy (non-hydrogen) atoms. The Labute approximate surface area is 319 Å². The van der Waals surface area contributed by atoms with Crippen LogP contribution in [0, 0.1) is 5.82 Å². The summed E-state index contributed by atoms with van der Waals surface area (Å²) in [5, 5.41) is 12.1. The van der Waals surface area contributed by atoms with Gasteiger partial charge in [0, 0.05) is 0 Å². The minimum atomic E-state index is -5.01. The van der Waals surface area contributed by atoms with Gasteiger partial charge in [-0.1, -0.05) is 0 Å². The number of fused-ring (bicyclic) bond motifs is 2. The molecule has 2 amide bonds. The number of hydrogen-bond donors (Lipinski definition) is 2. The topological polar surface area (TPSA) is 154 Å². The molecule has 12 nitrogen and oxygen atoms in total. The predicted octanol–water partition coefficient (Wildman–Crippen LogP) is 2.93. The normalized spacial score (nSPS) is 14.5. The van der Waals surface area contributed by atoms with Crippen LogP contribution in [0.2, 0.25) is 0 Å². The van der Waals surface area contributed by atoms with Crippen LogP contribution in [0.3, 0.4) is 0 Å². The molecule has 4 aromatic rings. The van der Waals surface area contributed by atoms with Crippen molar-refractivity contribution in [1.29, 1.82) is 0 Å². The number of esters is 1. The minimum absolute atomic E-state index is 0.0653. The summed E-state index contributed by atoms with van der Waals surface area (Å²) in [6.07, 6.45) is 4.10. The maximum absolute atomic E-state index is 15.7. The van der Waals surface area contributed by atoms with Crippen LogP contribution < -0.4 is 31.8 Å². The molecule has 1 aliphatic carbocycles. The number of rotatable bonds is 12. The quantitative estimate of drug-likeness (QED) is 0.0725. The van der Waals surface area contributed by atoms with Crippen molar-refractivity contribution >= 4 is 49.3 Å². The fourth-order valence-corrected chi connectivity index (χ4v) is 9.33. The molecular formula is C37H42F4IN6O6-. The van der Waals surface area contributed by atoms with E-state index in [1.165, 1.54) is 49.7 Å². The van der Waals surface area contributed by atoms with Gasteiger partial charge in [-0.05, 0) is 20.8 Å². The third-order valence-corrected chi connectivity index (χ3v) is 12.0. The van der Waals surface area contributed by atoms with E-state index in [1.54, 1.807) is 20.8 Å². The summed E-state index contributed by atoms with van der Waals surface area (Å²) in [5.41, 5.74) is -2.57. The Bertz CT molecular complexity index is 2050. The first-order chi connectivity index (χ1) is 25.5. The fraction of sp³-hybridized carbons (Fsp3) is 0.486. The average Bonchev–Trinajstić information content (AvgIpc) is 3.67. The van der Waals surface area contributed by atoms with Crippen molar-refractivity contribution in [3.63, 3.8) is 0 Å². The molecule has 0 aliphatic heterocycles. The summed E-state index contributed by atoms with van der Waals surface area (Å²) in [4.78, 5) is 62.9. The zero-order valence-corrected chi connectivity index (χ0v) is 32.3. The van der Waals surface area contributed by atoms with E-state index in [-0.39, 0.29) is 44.2 Å². The standard InChI is InChI=1S/C37H42F4IN6O6/c1-36(2,3)54-33(53)20-44-30(50)19-43-31(51)21-47-27-13-9-12-24(34(27)35(46-47)37(39,40)41)25-17-28-22(16-26(25)38)18-45-48(28)32(52)15-14-29(49)42-23-10-7-5-4-6-8-11-23/h9,12-13,16-18,23H,4-8,10-11,14-15,19-21H2,1-3H3,(H,43,51)(H,44,50)/q-1. The Kier molecular flexibility index (Phi) is 13.1. The van der Waals surface area contributed by atoms with Crippen molar-refractivity contribution < 1.29 is 67.5 Å². The van der Waals surface area contributed by atoms with Gasteiger partial charge in [0.05, 0.1) is 6.54 Å². The maximum atomic E-state index is 15.7. The number of hydrogen-bond acceptors (Lipinski definition) is 8. The van der Waals surface area contributed by atoms with Crippen LogP contribution in [0.25, 0.3) is 32.9 Å². The molecule has 2 aromatic heterocycles. The molecule has 0 radical (unpaired) electrons. The zero-order valence-electron chi connectivity index (χ0n) is 30.2. The molecule has 0 saturated heterocycles. The number of alkyl halides is 4. The fourth-order valence-electron chi connectivity index (χ4n) is 6.26. The molecule has 1 saturated carbocycles. The van der Waals surface area contributed by atoms with Crippen molar-refractivity contribution in [2.24, 2.45) is 0 Å². The summed E-state index contributed by atoms with van der Waals surface area (Å²) in [5.74, 6) is -3.66. The van der Waals surface area contributed by atoms with Crippen LogP contribution in [0.15, 0.2) is 36.5 Å². The third-order valence-electron chi connectivity index (χ3n) is 8.67. The Morgan fingerprint density at radius 1 is 0.889 bits per heavy atom. The van der Waals surface area contributed by atoms with Gasteiger partial charge in [-0.3, -0.25) is 14.4 Å². The number of carbonyl (C=O) groups excluding carboxylic acids is 5. The van der Waals surface area contributed by atoms with Crippen LogP contribution in [0.5, 0.6) is 0 Å². The van der Waals surface area contributed by atoms with Crippen molar-refractivity contribution in [2.45, 2.75) is 101 Å². The summed E-state index contributed by atoms with van der Waals surface area (Å²) in [6, 6.07) is 6.28. The Morgan fingerprint density at radius 2 is 1.57 bits per heavy atom. The van der Waals surface area contributed by atoms with Gasteiger partial charge in [-0.25, -0.2) is 0 Å². The summed E-state index contributed by atoms with van der Waals surface area (Å²) in [6.45, 7) is 3.21. The van der Waals surface area contributed by atoms with Crippen molar-refractivity contribution in [3.05, 3.63) is 48.0 Å². The first-order valence-corrected chi connectivity index (χ1v) is 20.0. The van der Waals surface area contributed by atoms with Gasteiger partial charge < -0.3 is 15.4 Å². The van der Waals surface area contributed by atoms with Gasteiger partial charge in [-0.2, -0.15) is 13.2 Å². The first-order valence-electron chi connectivity index (χ1n) is 17.7. The predicted molar refractivity (Wildman–Crippen MR) is 186 cm³/mol. The summed E-state index contributed by atoms with van der Waals surface area (Å²) < 4.78 is 66.4. The van der Waals surface area contributed by atoms with E-state index in [9.17, 15) is 37.1 Å². The second-order valence-electron chi connectivity index (χ2n) is 14.1. The van der Waals surface area contributed by atoms with Crippen LogP contribution in [-0.2, 0) is 36.6 Å². The molecule has 2 heterocycles.